The van der Waals surface area contributed by atoms with Crippen molar-refractivity contribution in [1.82, 2.24) is 5.32 Å². The van der Waals surface area contributed by atoms with Crippen LogP contribution in [-0.2, 0) is 25.8 Å². The Balaban J connectivity index is 2.17. The Bertz CT molecular complexity index is 661. The molecule has 0 radical (unpaired) electrons. The summed E-state index contributed by atoms with van der Waals surface area (Å²) in [6.07, 6.45) is 4.59. The van der Waals surface area contributed by atoms with Crippen LogP contribution >= 0.6 is 0 Å². The molecule has 0 saturated carbocycles. The van der Waals surface area contributed by atoms with E-state index < -0.39 is 5.97 Å². The molecule has 23 heavy (non-hydrogen) atoms. The minimum Gasteiger partial charge on any atom is -0.355 e. The number of amides is 1. The maximum atomic E-state index is 12.2. The fraction of sp³-hybridized carbons (Fsp3) is 0.333. The second kappa shape index (κ2) is 7.63. The standard InChI is InChI=1S/C18H21NO4/c1-4-12(2)18(21)23-22-11-16(17(20)19-3)15-10-9-13-7-5-6-8-14(13)15/h4-8,11,15H,9-10H2,1-3H3,(H,19,20)/b12-4-,16-11+. The molecule has 0 heterocycles. The number of hydrogen-bond donors (Lipinski definition) is 1. The van der Waals surface area contributed by atoms with Gasteiger partial charge < -0.3 is 5.32 Å². The fourth-order valence-corrected chi connectivity index (χ4v) is 2.62. The van der Waals surface area contributed by atoms with Gasteiger partial charge in [0.05, 0.1) is 5.57 Å². The third-order valence-electron chi connectivity index (χ3n) is 4.05. The summed E-state index contributed by atoms with van der Waals surface area (Å²) in [4.78, 5) is 33.4. The van der Waals surface area contributed by atoms with Crippen molar-refractivity contribution in [3.63, 3.8) is 0 Å². The Kier molecular flexibility index (Phi) is 5.57. The zero-order valence-corrected chi connectivity index (χ0v) is 13.6. The number of hydrogen-bond acceptors (Lipinski definition) is 4. The van der Waals surface area contributed by atoms with Gasteiger partial charge in [0.15, 0.2) is 6.26 Å². The van der Waals surface area contributed by atoms with Gasteiger partial charge in [-0.05, 0) is 37.8 Å². The molecule has 2 rings (SSSR count). The average molecular weight is 315 g/mol. The third-order valence-corrected chi connectivity index (χ3v) is 4.05. The summed E-state index contributed by atoms with van der Waals surface area (Å²) in [5.74, 6) is -0.884. The highest BCUT2D eigenvalue weighted by molar-refractivity contribution is 5.94. The number of benzene rings is 1. The summed E-state index contributed by atoms with van der Waals surface area (Å²) in [6, 6.07) is 8.02. The molecule has 5 nitrogen and oxygen atoms in total. The minimum atomic E-state index is -0.577. The van der Waals surface area contributed by atoms with Crippen molar-refractivity contribution in [2.24, 2.45) is 0 Å². The molecule has 1 atom stereocenters. The lowest BCUT2D eigenvalue weighted by atomic mass is 9.93. The molecule has 0 aliphatic heterocycles. The van der Waals surface area contributed by atoms with E-state index in [1.165, 1.54) is 11.8 Å². The van der Waals surface area contributed by atoms with E-state index in [4.69, 9.17) is 9.78 Å². The van der Waals surface area contributed by atoms with Gasteiger partial charge >= 0.3 is 5.97 Å². The number of carbonyl (C=O) groups is 2. The fourth-order valence-electron chi connectivity index (χ4n) is 2.62. The van der Waals surface area contributed by atoms with Gasteiger partial charge in [0, 0.05) is 18.5 Å². The van der Waals surface area contributed by atoms with Crippen molar-refractivity contribution in [2.45, 2.75) is 32.6 Å². The van der Waals surface area contributed by atoms with Crippen molar-refractivity contribution < 1.29 is 19.4 Å². The normalized spacial score (nSPS) is 17.4. The second-order valence-electron chi connectivity index (χ2n) is 5.38. The molecule has 0 spiro atoms. The van der Waals surface area contributed by atoms with Crippen LogP contribution in [0.4, 0.5) is 0 Å². The van der Waals surface area contributed by atoms with Gasteiger partial charge in [0.25, 0.3) is 5.91 Å². The Morgan fingerprint density at radius 3 is 2.74 bits per heavy atom. The molecule has 1 aliphatic rings. The van der Waals surface area contributed by atoms with E-state index in [9.17, 15) is 9.59 Å². The van der Waals surface area contributed by atoms with Crippen LogP contribution in [0.1, 0.15) is 37.3 Å². The van der Waals surface area contributed by atoms with E-state index in [0.717, 1.165) is 18.4 Å². The molecule has 0 aromatic heterocycles. The SMILES string of the molecule is C/C=C(/C)C(=O)OO/C=C(/C(=O)NC)C1CCc2ccccc21. The highest BCUT2D eigenvalue weighted by atomic mass is 17.2. The van der Waals surface area contributed by atoms with Crippen LogP contribution in [0.5, 0.6) is 0 Å². The van der Waals surface area contributed by atoms with Crippen LogP contribution in [-0.4, -0.2) is 18.9 Å². The summed E-state index contributed by atoms with van der Waals surface area (Å²) in [6.45, 7) is 3.36. The van der Waals surface area contributed by atoms with Crippen molar-refractivity contribution >= 4 is 11.9 Å². The summed E-state index contributed by atoms with van der Waals surface area (Å²) < 4.78 is 0. The van der Waals surface area contributed by atoms with Crippen LogP contribution < -0.4 is 5.32 Å². The Morgan fingerprint density at radius 1 is 1.30 bits per heavy atom. The van der Waals surface area contributed by atoms with Gasteiger partial charge in [-0.2, -0.15) is 0 Å². The molecule has 0 bridgehead atoms. The summed E-state index contributed by atoms with van der Waals surface area (Å²) >= 11 is 0. The van der Waals surface area contributed by atoms with Crippen molar-refractivity contribution in [3.8, 4) is 0 Å². The van der Waals surface area contributed by atoms with E-state index in [2.05, 4.69) is 11.4 Å². The first kappa shape index (κ1) is 16.8. The monoisotopic (exact) mass is 315 g/mol. The van der Waals surface area contributed by atoms with Crippen molar-refractivity contribution in [1.29, 1.82) is 0 Å². The first-order valence-electron chi connectivity index (χ1n) is 7.59. The highest BCUT2D eigenvalue weighted by Gasteiger charge is 2.29. The third kappa shape index (κ3) is 3.80. The molecule has 0 fully saturated rings. The van der Waals surface area contributed by atoms with E-state index in [-0.39, 0.29) is 11.8 Å². The van der Waals surface area contributed by atoms with E-state index in [0.29, 0.717) is 11.1 Å². The molecule has 122 valence electrons. The number of carbonyl (C=O) groups excluding carboxylic acids is 2. The lowest BCUT2D eigenvalue weighted by molar-refractivity contribution is -0.234. The zero-order chi connectivity index (χ0) is 16.8. The predicted molar refractivity (Wildman–Crippen MR) is 86.3 cm³/mol. The number of fused-ring (bicyclic) bond motifs is 1. The van der Waals surface area contributed by atoms with Gasteiger partial charge in [-0.25, -0.2) is 9.68 Å². The van der Waals surface area contributed by atoms with Gasteiger partial charge in [-0.15, -0.1) is 0 Å². The molecular formula is C18H21NO4. The molecule has 1 aromatic carbocycles. The van der Waals surface area contributed by atoms with Gasteiger partial charge in [0.1, 0.15) is 0 Å². The number of allylic oxidation sites excluding steroid dienone is 1. The van der Waals surface area contributed by atoms with Gasteiger partial charge in [-0.1, -0.05) is 30.3 Å². The average Bonchev–Trinajstić information content (AvgIpc) is 3.01. The smallest absolute Gasteiger partial charge is 0.355 e. The molecule has 1 aromatic rings. The quantitative estimate of drug-likeness (QED) is 0.393. The Labute approximate surface area is 135 Å². The van der Waals surface area contributed by atoms with Gasteiger partial charge in [0.2, 0.25) is 0 Å². The van der Waals surface area contributed by atoms with Crippen LogP contribution in [0.2, 0.25) is 0 Å². The molecule has 0 saturated heterocycles. The van der Waals surface area contributed by atoms with E-state index >= 15 is 0 Å². The summed E-state index contributed by atoms with van der Waals surface area (Å²) in [7, 11) is 1.56. The highest BCUT2D eigenvalue weighted by Crippen LogP contribution is 2.38. The van der Waals surface area contributed by atoms with Crippen LogP contribution in [0.25, 0.3) is 0 Å². The van der Waals surface area contributed by atoms with Crippen molar-refractivity contribution in [2.75, 3.05) is 7.05 Å². The summed E-state index contributed by atoms with van der Waals surface area (Å²) in [5.41, 5.74) is 3.23. The first-order valence-corrected chi connectivity index (χ1v) is 7.59. The topological polar surface area (TPSA) is 64.6 Å². The van der Waals surface area contributed by atoms with Crippen molar-refractivity contribution in [3.05, 3.63) is 58.9 Å². The zero-order valence-electron chi connectivity index (χ0n) is 13.6. The van der Waals surface area contributed by atoms with E-state index in [1.807, 2.05) is 18.2 Å². The lowest BCUT2D eigenvalue weighted by Gasteiger charge is -2.14. The Hall–Kier alpha value is -2.56. The molecule has 1 amide bonds. The maximum Gasteiger partial charge on any atom is 0.381 e. The van der Waals surface area contributed by atoms with Crippen LogP contribution in [0, 0.1) is 0 Å². The molecule has 5 heteroatoms. The summed E-state index contributed by atoms with van der Waals surface area (Å²) in [5, 5.41) is 2.61. The second-order valence-corrected chi connectivity index (χ2v) is 5.38. The van der Waals surface area contributed by atoms with Crippen LogP contribution in [0.15, 0.2) is 47.7 Å². The molecule has 1 aliphatic carbocycles. The first-order chi connectivity index (χ1) is 11.1. The molecule has 1 N–H and O–H groups in total. The number of aryl methyl sites for hydroxylation is 1. The lowest BCUT2D eigenvalue weighted by Crippen LogP contribution is -2.23. The molecule has 1 unspecified atom stereocenters. The minimum absolute atomic E-state index is 0.0623. The van der Waals surface area contributed by atoms with Gasteiger partial charge in [-0.3, -0.25) is 9.68 Å². The molecular weight excluding hydrogens is 294 g/mol. The number of nitrogens with one attached hydrogen (secondary N) is 1. The van der Waals surface area contributed by atoms with Crippen LogP contribution in [0.3, 0.4) is 0 Å². The number of likely N-dealkylation sites (N-methyl/N-ethyl adjacent to an activating group) is 1. The number of rotatable bonds is 5. The maximum absolute atomic E-state index is 12.2. The largest absolute Gasteiger partial charge is 0.381 e. The Morgan fingerprint density at radius 2 is 2.04 bits per heavy atom. The van der Waals surface area contributed by atoms with E-state index in [1.54, 1.807) is 27.0 Å². The predicted octanol–water partition coefficient (Wildman–Crippen LogP) is 2.79.